The van der Waals surface area contributed by atoms with Gasteiger partial charge in [0.2, 0.25) is 0 Å². The highest BCUT2D eigenvalue weighted by atomic mass is 19.1. The molecule has 0 saturated carbocycles. The van der Waals surface area contributed by atoms with Gasteiger partial charge in [-0.3, -0.25) is 0 Å². The first-order valence-corrected chi connectivity index (χ1v) is 7.93. The van der Waals surface area contributed by atoms with Gasteiger partial charge in [-0.2, -0.15) is 0 Å². The van der Waals surface area contributed by atoms with Gasteiger partial charge in [0.15, 0.2) is 0 Å². The Labute approximate surface area is 142 Å². The zero-order chi connectivity index (χ0) is 17.5. The highest BCUT2D eigenvalue weighted by molar-refractivity contribution is 5.74. The summed E-state index contributed by atoms with van der Waals surface area (Å²) in [6, 6.07) is 13.6. The summed E-state index contributed by atoms with van der Waals surface area (Å²) in [4.78, 5) is 13.7. The standard InChI is InChI=1S/C19H23FN2O2/c1-14-4-10-18(11-5-14)24-13-12-21-19(23)22(3)15(2)16-6-8-17(20)9-7-16/h4-11,15H,12-13H2,1-3H3,(H,21,23). The number of nitrogens with one attached hydrogen (secondary N) is 1. The lowest BCUT2D eigenvalue weighted by Gasteiger charge is -2.25. The Kier molecular flexibility index (Phi) is 6.18. The summed E-state index contributed by atoms with van der Waals surface area (Å²) in [5.41, 5.74) is 2.05. The van der Waals surface area contributed by atoms with E-state index in [0.717, 1.165) is 11.3 Å². The Balaban J connectivity index is 1.76. The Morgan fingerprint density at radius 3 is 2.42 bits per heavy atom. The van der Waals surface area contributed by atoms with Crippen LogP contribution in [0.4, 0.5) is 9.18 Å². The summed E-state index contributed by atoms with van der Waals surface area (Å²) in [6.07, 6.45) is 0. The van der Waals surface area contributed by atoms with E-state index < -0.39 is 0 Å². The van der Waals surface area contributed by atoms with E-state index in [0.29, 0.717) is 13.2 Å². The van der Waals surface area contributed by atoms with Gasteiger partial charge >= 0.3 is 6.03 Å². The van der Waals surface area contributed by atoms with E-state index in [9.17, 15) is 9.18 Å². The van der Waals surface area contributed by atoms with Crippen molar-refractivity contribution in [3.05, 3.63) is 65.5 Å². The topological polar surface area (TPSA) is 41.6 Å². The lowest BCUT2D eigenvalue weighted by molar-refractivity contribution is 0.191. The number of halogens is 1. The van der Waals surface area contributed by atoms with Crippen molar-refractivity contribution in [2.24, 2.45) is 0 Å². The molecular weight excluding hydrogens is 307 g/mol. The third-order valence-electron chi connectivity index (χ3n) is 3.92. The SMILES string of the molecule is Cc1ccc(OCCNC(=O)N(C)C(C)c2ccc(F)cc2)cc1. The van der Waals surface area contributed by atoms with Crippen molar-refractivity contribution < 1.29 is 13.9 Å². The number of urea groups is 1. The number of nitrogens with zero attached hydrogens (tertiary/aromatic N) is 1. The molecule has 4 nitrogen and oxygen atoms in total. The minimum Gasteiger partial charge on any atom is -0.492 e. The molecule has 128 valence electrons. The molecule has 0 bridgehead atoms. The van der Waals surface area contributed by atoms with Crippen LogP contribution in [0.25, 0.3) is 0 Å². The van der Waals surface area contributed by atoms with Crippen LogP contribution in [-0.2, 0) is 0 Å². The molecule has 0 aliphatic rings. The van der Waals surface area contributed by atoms with E-state index in [1.165, 1.54) is 17.7 Å². The quantitative estimate of drug-likeness (QED) is 0.816. The van der Waals surface area contributed by atoms with Gasteiger partial charge in [0.1, 0.15) is 18.2 Å². The number of ether oxygens (including phenoxy) is 1. The zero-order valence-electron chi connectivity index (χ0n) is 14.3. The normalized spacial score (nSPS) is 11.7. The summed E-state index contributed by atoms with van der Waals surface area (Å²) in [5, 5.41) is 2.81. The van der Waals surface area contributed by atoms with Crippen LogP contribution in [0.3, 0.4) is 0 Å². The van der Waals surface area contributed by atoms with Crippen LogP contribution < -0.4 is 10.1 Å². The zero-order valence-corrected chi connectivity index (χ0v) is 14.3. The fourth-order valence-electron chi connectivity index (χ4n) is 2.23. The first-order chi connectivity index (χ1) is 11.5. The van der Waals surface area contributed by atoms with E-state index in [2.05, 4.69) is 5.32 Å². The first kappa shape index (κ1) is 17.8. The molecule has 1 unspecified atom stereocenters. The number of benzene rings is 2. The van der Waals surface area contributed by atoms with Gasteiger partial charge in [0.05, 0.1) is 12.6 Å². The van der Waals surface area contributed by atoms with Crippen molar-refractivity contribution in [1.82, 2.24) is 10.2 Å². The number of hydrogen-bond acceptors (Lipinski definition) is 2. The number of amides is 2. The van der Waals surface area contributed by atoms with Crippen LogP contribution in [0, 0.1) is 12.7 Å². The van der Waals surface area contributed by atoms with Gasteiger partial charge in [-0.05, 0) is 43.7 Å². The third kappa shape index (κ3) is 4.98. The minimum atomic E-state index is -0.286. The predicted octanol–water partition coefficient (Wildman–Crippen LogP) is 3.92. The Morgan fingerprint density at radius 1 is 1.17 bits per heavy atom. The maximum Gasteiger partial charge on any atom is 0.317 e. The fourth-order valence-corrected chi connectivity index (χ4v) is 2.23. The molecule has 2 aromatic rings. The van der Waals surface area contributed by atoms with Crippen LogP contribution >= 0.6 is 0 Å². The largest absolute Gasteiger partial charge is 0.492 e. The highest BCUT2D eigenvalue weighted by Gasteiger charge is 2.16. The molecule has 24 heavy (non-hydrogen) atoms. The second-order valence-electron chi connectivity index (χ2n) is 5.73. The Bertz CT molecular complexity index is 656. The van der Waals surface area contributed by atoms with Gasteiger partial charge in [-0.1, -0.05) is 29.8 Å². The summed E-state index contributed by atoms with van der Waals surface area (Å²) in [7, 11) is 1.71. The fraction of sp³-hybridized carbons (Fsp3) is 0.316. The number of rotatable bonds is 6. The summed E-state index contributed by atoms with van der Waals surface area (Å²) >= 11 is 0. The third-order valence-corrected chi connectivity index (χ3v) is 3.92. The Hall–Kier alpha value is -2.56. The molecule has 0 aliphatic heterocycles. The van der Waals surface area contributed by atoms with E-state index in [4.69, 9.17) is 4.74 Å². The summed E-state index contributed by atoms with van der Waals surface area (Å²) in [6.45, 7) is 4.72. The van der Waals surface area contributed by atoms with Gasteiger partial charge in [0, 0.05) is 7.05 Å². The molecule has 1 atom stereocenters. The van der Waals surface area contributed by atoms with Crippen LogP contribution in [0.2, 0.25) is 0 Å². The Morgan fingerprint density at radius 2 is 1.79 bits per heavy atom. The molecule has 2 amide bonds. The van der Waals surface area contributed by atoms with Crippen molar-refractivity contribution in [2.75, 3.05) is 20.2 Å². The van der Waals surface area contributed by atoms with Crippen LogP contribution in [-0.4, -0.2) is 31.1 Å². The monoisotopic (exact) mass is 330 g/mol. The lowest BCUT2D eigenvalue weighted by atomic mass is 10.1. The summed E-state index contributed by atoms with van der Waals surface area (Å²) in [5.74, 6) is 0.495. The first-order valence-electron chi connectivity index (χ1n) is 7.93. The van der Waals surface area contributed by atoms with E-state index in [1.807, 2.05) is 38.1 Å². The molecule has 2 rings (SSSR count). The van der Waals surface area contributed by atoms with Crippen molar-refractivity contribution in [3.8, 4) is 5.75 Å². The number of carbonyl (C=O) groups excluding carboxylic acids is 1. The van der Waals surface area contributed by atoms with Gasteiger partial charge in [0.25, 0.3) is 0 Å². The van der Waals surface area contributed by atoms with Crippen LogP contribution in [0.1, 0.15) is 24.1 Å². The van der Waals surface area contributed by atoms with E-state index >= 15 is 0 Å². The molecule has 0 aliphatic carbocycles. The molecule has 2 aromatic carbocycles. The second-order valence-corrected chi connectivity index (χ2v) is 5.73. The van der Waals surface area contributed by atoms with Crippen molar-refractivity contribution in [2.45, 2.75) is 19.9 Å². The molecule has 1 N–H and O–H groups in total. The smallest absolute Gasteiger partial charge is 0.317 e. The second kappa shape index (κ2) is 8.34. The highest BCUT2D eigenvalue weighted by Crippen LogP contribution is 2.18. The molecule has 0 heterocycles. The predicted molar refractivity (Wildman–Crippen MR) is 92.7 cm³/mol. The van der Waals surface area contributed by atoms with Crippen molar-refractivity contribution in [1.29, 1.82) is 0 Å². The van der Waals surface area contributed by atoms with Gasteiger partial charge in [-0.25, -0.2) is 9.18 Å². The van der Waals surface area contributed by atoms with E-state index in [-0.39, 0.29) is 17.9 Å². The number of hydrogen-bond donors (Lipinski definition) is 1. The lowest BCUT2D eigenvalue weighted by Crippen LogP contribution is -2.40. The molecule has 0 radical (unpaired) electrons. The minimum absolute atomic E-state index is 0.149. The molecule has 0 aromatic heterocycles. The number of aryl methyl sites for hydroxylation is 1. The average molecular weight is 330 g/mol. The van der Waals surface area contributed by atoms with Crippen LogP contribution in [0.5, 0.6) is 5.75 Å². The number of carbonyl (C=O) groups is 1. The van der Waals surface area contributed by atoms with Crippen LogP contribution in [0.15, 0.2) is 48.5 Å². The maximum atomic E-state index is 13.0. The summed E-state index contributed by atoms with van der Waals surface area (Å²) < 4.78 is 18.5. The van der Waals surface area contributed by atoms with Crippen molar-refractivity contribution in [3.63, 3.8) is 0 Å². The van der Waals surface area contributed by atoms with Gasteiger partial charge < -0.3 is 15.0 Å². The average Bonchev–Trinajstić information content (AvgIpc) is 2.59. The van der Waals surface area contributed by atoms with Crippen molar-refractivity contribution >= 4 is 6.03 Å². The maximum absolute atomic E-state index is 13.0. The molecule has 0 spiro atoms. The molecular formula is C19H23FN2O2. The molecule has 0 fully saturated rings. The molecule has 0 saturated heterocycles. The van der Waals surface area contributed by atoms with Gasteiger partial charge in [-0.15, -0.1) is 0 Å². The molecule has 5 heteroatoms. The van der Waals surface area contributed by atoms with E-state index in [1.54, 1.807) is 24.1 Å².